The summed E-state index contributed by atoms with van der Waals surface area (Å²) < 4.78 is 13.2. The summed E-state index contributed by atoms with van der Waals surface area (Å²) in [6.45, 7) is 8.12. The van der Waals surface area contributed by atoms with Crippen molar-refractivity contribution in [2.24, 2.45) is 0 Å². The number of rotatable bonds is 1. The van der Waals surface area contributed by atoms with Crippen LogP contribution in [-0.2, 0) is 9.31 Å². The first-order valence-electron chi connectivity index (χ1n) is 5.03. The van der Waals surface area contributed by atoms with Gasteiger partial charge in [-0.05, 0) is 27.7 Å². The number of aromatic nitrogens is 2. The smallest absolute Gasteiger partial charge is 0.399 e. The Morgan fingerprint density at radius 3 is 2.20 bits per heavy atom. The molecule has 81 valence electrons. The summed E-state index contributed by atoms with van der Waals surface area (Å²) in [5, 5.41) is 4.00. The molecule has 0 amide bonds. The normalized spacial score (nSPS) is 23.4. The molecular formula is C10H16BN2O2. The largest absolute Gasteiger partial charge is 0.498 e. The third-order valence-corrected chi connectivity index (χ3v) is 3.18. The molecule has 4 nitrogen and oxygen atoms in total. The molecule has 0 saturated carbocycles. The molecule has 0 unspecified atom stereocenters. The van der Waals surface area contributed by atoms with Crippen LogP contribution in [0, 0.1) is 7.05 Å². The minimum absolute atomic E-state index is 0.305. The molecule has 15 heavy (non-hydrogen) atoms. The fourth-order valence-electron chi connectivity index (χ4n) is 1.48. The third-order valence-electron chi connectivity index (χ3n) is 3.18. The number of nitrogens with zero attached hydrogens (tertiary/aromatic N) is 2. The van der Waals surface area contributed by atoms with E-state index in [1.165, 1.54) is 4.68 Å². The zero-order chi connectivity index (χ0) is 11.3. The van der Waals surface area contributed by atoms with E-state index in [1.54, 1.807) is 6.20 Å². The van der Waals surface area contributed by atoms with Crippen LogP contribution >= 0.6 is 0 Å². The van der Waals surface area contributed by atoms with Gasteiger partial charge in [-0.2, -0.15) is 5.10 Å². The Kier molecular flexibility index (Phi) is 2.21. The second-order valence-electron chi connectivity index (χ2n) is 4.90. The van der Waals surface area contributed by atoms with Gasteiger partial charge in [0.25, 0.3) is 0 Å². The lowest BCUT2D eigenvalue weighted by atomic mass is 9.82. The van der Waals surface area contributed by atoms with Crippen molar-refractivity contribution in [3.05, 3.63) is 19.4 Å². The van der Waals surface area contributed by atoms with Gasteiger partial charge in [0.2, 0.25) is 0 Å². The molecule has 1 radical (unpaired) electrons. The number of hydrogen-bond donors (Lipinski definition) is 0. The van der Waals surface area contributed by atoms with Gasteiger partial charge in [-0.1, -0.05) is 0 Å². The maximum absolute atomic E-state index is 5.86. The van der Waals surface area contributed by atoms with E-state index in [0.29, 0.717) is 0 Å². The first kappa shape index (κ1) is 10.7. The Hall–Kier alpha value is -0.805. The fraction of sp³-hybridized carbons (Fsp3) is 0.600. The summed E-state index contributed by atoms with van der Waals surface area (Å²) in [7, 11) is 3.34. The van der Waals surface area contributed by atoms with Gasteiger partial charge in [0.15, 0.2) is 0 Å². The zero-order valence-corrected chi connectivity index (χ0v) is 9.65. The molecule has 0 aliphatic carbocycles. The summed E-state index contributed by atoms with van der Waals surface area (Å²) in [5.41, 5.74) is 0.297. The number of hydrogen-bond acceptors (Lipinski definition) is 3. The Labute approximate surface area is 90.7 Å². The minimum Gasteiger partial charge on any atom is -0.399 e. The predicted octanol–water partition coefficient (Wildman–Crippen LogP) is 0.822. The first-order chi connectivity index (χ1) is 6.82. The Balaban J connectivity index is 2.23. The lowest BCUT2D eigenvalue weighted by Gasteiger charge is -2.32. The van der Waals surface area contributed by atoms with Crippen LogP contribution in [-0.4, -0.2) is 28.1 Å². The van der Waals surface area contributed by atoms with Gasteiger partial charge in [0.1, 0.15) is 0 Å². The average molecular weight is 207 g/mol. The molecule has 1 aliphatic heterocycles. The molecular weight excluding hydrogens is 191 g/mol. The molecule has 2 rings (SSSR count). The molecule has 1 aliphatic rings. The second-order valence-corrected chi connectivity index (χ2v) is 4.90. The van der Waals surface area contributed by atoms with Crippen LogP contribution in [0.4, 0.5) is 0 Å². The predicted molar refractivity (Wildman–Crippen MR) is 58.7 cm³/mol. The highest BCUT2D eigenvalue weighted by Gasteiger charge is 2.52. The van der Waals surface area contributed by atoms with Crippen molar-refractivity contribution in [2.45, 2.75) is 38.9 Å². The Morgan fingerprint density at radius 1 is 1.27 bits per heavy atom. The highest BCUT2D eigenvalue weighted by atomic mass is 16.7. The molecule has 2 heterocycles. The molecule has 0 N–H and O–H groups in total. The quantitative estimate of drug-likeness (QED) is 0.639. The van der Waals surface area contributed by atoms with E-state index < -0.39 is 0 Å². The molecule has 0 atom stereocenters. The van der Waals surface area contributed by atoms with Crippen LogP contribution in [0.15, 0.2) is 12.4 Å². The van der Waals surface area contributed by atoms with Crippen molar-refractivity contribution < 1.29 is 9.31 Å². The van der Waals surface area contributed by atoms with Crippen molar-refractivity contribution in [3.8, 4) is 0 Å². The lowest BCUT2D eigenvalue weighted by Crippen LogP contribution is -2.41. The van der Waals surface area contributed by atoms with Gasteiger partial charge in [-0.25, -0.2) is 0 Å². The van der Waals surface area contributed by atoms with Crippen LogP contribution in [0.5, 0.6) is 0 Å². The molecule has 1 aromatic rings. The average Bonchev–Trinajstić information content (AvgIpc) is 2.56. The Bertz CT molecular complexity index is 357. The van der Waals surface area contributed by atoms with Crippen LogP contribution in [0.2, 0.25) is 0 Å². The highest BCUT2D eigenvalue weighted by Crippen LogP contribution is 2.36. The fourth-order valence-corrected chi connectivity index (χ4v) is 1.48. The topological polar surface area (TPSA) is 36.3 Å². The molecule has 1 saturated heterocycles. The lowest BCUT2D eigenvalue weighted by molar-refractivity contribution is 0.00578. The van der Waals surface area contributed by atoms with Crippen LogP contribution < -0.4 is 5.46 Å². The molecule has 1 aromatic heterocycles. The third kappa shape index (κ3) is 1.70. The SMILES string of the molecule is [CH2]n1cc(B2OC(C)(C)C(C)(C)O2)cn1. The Morgan fingerprint density at radius 2 is 1.80 bits per heavy atom. The van der Waals surface area contributed by atoms with Crippen molar-refractivity contribution in [1.29, 1.82) is 0 Å². The van der Waals surface area contributed by atoms with Crippen molar-refractivity contribution in [2.75, 3.05) is 0 Å². The van der Waals surface area contributed by atoms with Gasteiger partial charge in [0.05, 0.1) is 18.2 Å². The molecule has 0 aromatic carbocycles. The molecule has 0 spiro atoms. The van der Waals surface area contributed by atoms with Gasteiger partial charge < -0.3 is 9.31 Å². The molecule has 1 fully saturated rings. The second kappa shape index (κ2) is 3.09. The van der Waals surface area contributed by atoms with E-state index in [0.717, 1.165) is 5.46 Å². The van der Waals surface area contributed by atoms with Gasteiger partial charge in [-0.15, -0.1) is 0 Å². The van der Waals surface area contributed by atoms with Crippen molar-refractivity contribution in [3.63, 3.8) is 0 Å². The summed E-state index contributed by atoms with van der Waals surface area (Å²) >= 11 is 0. The van der Waals surface area contributed by atoms with Crippen LogP contribution in [0.25, 0.3) is 0 Å². The summed E-state index contributed by atoms with van der Waals surface area (Å²) in [4.78, 5) is 0. The standard InChI is InChI=1S/C10H16BN2O2/c1-9(2)10(3,4)15-11(14-9)8-6-12-13(5)7-8/h6-7H,5H2,1-4H3. The van der Waals surface area contributed by atoms with Crippen LogP contribution in [0.3, 0.4) is 0 Å². The first-order valence-corrected chi connectivity index (χ1v) is 5.03. The van der Waals surface area contributed by atoms with E-state index in [-0.39, 0.29) is 18.3 Å². The summed E-state index contributed by atoms with van der Waals surface area (Å²) in [6, 6.07) is 0. The summed E-state index contributed by atoms with van der Waals surface area (Å²) in [5.74, 6) is 0. The summed E-state index contributed by atoms with van der Waals surface area (Å²) in [6.07, 6.45) is 3.53. The molecule has 5 heteroatoms. The maximum atomic E-state index is 5.86. The van der Waals surface area contributed by atoms with E-state index in [4.69, 9.17) is 9.31 Å². The monoisotopic (exact) mass is 207 g/mol. The zero-order valence-electron chi connectivity index (χ0n) is 9.65. The van der Waals surface area contributed by atoms with Gasteiger partial charge in [0, 0.05) is 17.9 Å². The molecule has 0 bridgehead atoms. The van der Waals surface area contributed by atoms with Crippen molar-refractivity contribution >= 4 is 12.6 Å². The van der Waals surface area contributed by atoms with E-state index in [2.05, 4.69) is 12.1 Å². The van der Waals surface area contributed by atoms with E-state index >= 15 is 0 Å². The van der Waals surface area contributed by atoms with Crippen molar-refractivity contribution in [1.82, 2.24) is 9.78 Å². The van der Waals surface area contributed by atoms with E-state index in [9.17, 15) is 0 Å². The minimum atomic E-state index is -0.342. The van der Waals surface area contributed by atoms with Gasteiger partial charge in [-0.3, -0.25) is 4.68 Å². The highest BCUT2D eigenvalue weighted by molar-refractivity contribution is 6.61. The van der Waals surface area contributed by atoms with E-state index in [1.807, 2.05) is 33.9 Å². The van der Waals surface area contributed by atoms with Gasteiger partial charge >= 0.3 is 7.12 Å². The maximum Gasteiger partial charge on any atom is 0.498 e. The van der Waals surface area contributed by atoms with Crippen LogP contribution in [0.1, 0.15) is 27.7 Å².